The Hall–Kier alpha value is -2.80. The summed E-state index contributed by atoms with van der Waals surface area (Å²) in [7, 11) is -6.79. The lowest BCUT2D eigenvalue weighted by atomic mass is 9.86. The molecule has 2 aromatic carbocycles. The van der Waals surface area contributed by atoms with Crippen LogP contribution >= 0.6 is 0 Å². The van der Waals surface area contributed by atoms with E-state index in [2.05, 4.69) is 12.2 Å². The van der Waals surface area contributed by atoms with E-state index in [0.29, 0.717) is 12.2 Å². The highest BCUT2D eigenvalue weighted by atomic mass is 32.2. The molecule has 50 heavy (non-hydrogen) atoms. The number of Topliss-reactive ketones (excluding diaryl/α,β-unsaturated/α-hetero) is 1. The summed E-state index contributed by atoms with van der Waals surface area (Å²) in [5.74, 6) is -2.60. The second-order valence-corrected chi connectivity index (χ2v) is 17.4. The number of sulfonamides is 1. The smallest absolute Gasteiger partial charge is 0.273 e. The lowest BCUT2D eigenvalue weighted by Gasteiger charge is -2.27. The molecule has 0 saturated carbocycles. The first-order valence-electron chi connectivity index (χ1n) is 18.3. The first-order valence-corrected chi connectivity index (χ1v) is 21.3. The summed E-state index contributed by atoms with van der Waals surface area (Å²) in [6.07, 6.45) is 18.1. The lowest BCUT2D eigenvalue weighted by molar-refractivity contribution is -0.140. The van der Waals surface area contributed by atoms with Crippen molar-refractivity contribution in [1.82, 2.24) is 4.31 Å². The molecule has 282 valence electrons. The first kappa shape index (κ1) is 43.4. The Kier molecular flexibility index (Phi) is 19.3. The molecule has 0 aromatic heterocycles. The van der Waals surface area contributed by atoms with E-state index < -0.39 is 49.1 Å². The Morgan fingerprint density at radius 2 is 1.20 bits per heavy atom. The third-order valence-corrected chi connectivity index (χ3v) is 11.8. The molecule has 0 spiro atoms. The number of nitrogens with one attached hydrogen (secondary N) is 1. The van der Waals surface area contributed by atoms with Gasteiger partial charge in [0.05, 0.1) is 10.6 Å². The van der Waals surface area contributed by atoms with Crippen molar-refractivity contribution in [2.45, 2.75) is 135 Å². The number of ketones is 1. The summed E-state index contributed by atoms with van der Waals surface area (Å²) >= 11 is 0. The topological polar surface area (TPSA) is 147 Å². The Bertz CT molecular complexity index is 1490. The molecule has 10 nitrogen and oxygen atoms in total. The van der Waals surface area contributed by atoms with Crippen molar-refractivity contribution in [3.8, 4) is 5.75 Å². The third kappa shape index (κ3) is 16.5. The SMILES string of the molecule is CCCCCCCCCCCCCCCCCCN(C)S(=O)(=O)c1ccc(OC(C(=O)Nc2ccccc2)C(=O)C(C)(C)CS(=O)(=O)O)cc1. The van der Waals surface area contributed by atoms with E-state index in [9.17, 15) is 31.0 Å². The molecular weight excluding hydrogens is 677 g/mol. The number of rotatable bonds is 27. The quantitative estimate of drug-likeness (QED) is 0.0528. The number of hydrogen-bond donors (Lipinski definition) is 2. The maximum Gasteiger partial charge on any atom is 0.273 e. The molecule has 1 unspecified atom stereocenters. The predicted molar refractivity (Wildman–Crippen MR) is 200 cm³/mol. The highest BCUT2D eigenvalue weighted by molar-refractivity contribution is 7.89. The zero-order valence-electron chi connectivity index (χ0n) is 30.6. The number of hydrogen-bond acceptors (Lipinski definition) is 7. The normalized spacial score (nSPS) is 12.9. The summed E-state index contributed by atoms with van der Waals surface area (Å²) in [6, 6.07) is 13.7. The summed E-state index contributed by atoms with van der Waals surface area (Å²) in [5, 5.41) is 2.58. The molecular formula is C38H60N2O8S2. The van der Waals surface area contributed by atoms with Crippen LogP contribution in [-0.2, 0) is 29.7 Å². The number of carbonyl (C=O) groups is 2. The fraction of sp³-hybridized carbons (Fsp3) is 0.632. The highest BCUT2D eigenvalue weighted by Crippen LogP contribution is 2.26. The zero-order valence-corrected chi connectivity index (χ0v) is 32.2. The van der Waals surface area contributed by atoms with Gasteiger partial charge in [-0.25, -0.2) is 12.7 Å². The molecule has 0 aliphatic rings. The maximum atomic E-state index is 13.4. The third-order valence-electron chi connectivity index (χ3n) is 8.84. The minimum atomic E-state index is -4.55. The van der Waals surface area contributed by atoms with Crippen molar-refractivity contribution in [3.63, 3.8) is 0 Å². The van der Waals surface area contributed by atoms with Crippen LogP contribution < -0.4 is 10.1 Å². The largest absolute Gasteiger partial charge is 0.473 e. The van der Waals surface area contributed by atoms with Crippen LogP contribution in [0.4, 0.5) is 5.69 Å². The van der Waals surface area contributed by atoms with E-state index in [0.717, 1.165) is 25.7 Å². The van der Waals surface area contributed by atoms with Gasteiger partial charge < -0.3 is 10.1 Å². The molecule has 1 atom stereocenters. The molecule has 0 heterocycles. The summed E-state index contributed by atoms with van der Waals surface area (Å²) in [6.45, 7) is 5.22. The summed E-state index contributed by atoms with van der Waals surface area (Å²) < 4.78 is 66.1. The molecule has 0 aliphatic carbocycles. The van der Waals surface area contributed by atoms with E-state index in [1.165, 1.54) is 119 Å². The van der Waals surface area contributed by atoms with Gasteiger partial charge in [0, 0.05) is 24.7 Å². The molecule has 12 heteroatoms. The average molecular weight is 737 g/mol. The van der Waals surface area contributed by atoms with Gasteiger partial charge in [0.2, 0.25) is 16.1 Å². The van der Waals surface area contributed by atoms with Gasteiger partial charge in [-0.2, -0.15) is 8.42 Å². The fourth-order valence-corrected chi connectivity index (χ4v) is 8.11. The predicted octanol–water partition coefficient (Wildman–Crippen LogP) is 8.44. The molecule has 2 aromatic rings. The molecule has 0 fully saturated rings. The van der Waals surface area contributed by atoms with Crippen molar-refractivity contribution in [2.75, 3.05) is 24.7 Å². The zero-order chi connectivity index (χ0) is 37.0. The van der Waals surface area contributed by atoms with E-state index in [-0.39, 0.29) is 10.6 Å². The number of anilines is 1. The molecule has 0 saturated heterocycles. The van der Waals surface area contributed by atoms with Crippen LogP contribution in [0, 0.1) is 5.41 Å². The van der Waals surface area contributed by atoms with Gasteiger partial charge in [0.15, 0.2) is 5.78 Å². The standard InChI is InChI=1S/C38H60N2O8S2/c1-5-6-7-8-9-10-11-12-13-14-15-16-17-18-19-23-30-40(4)50(46,47)34-28-26-33(27-29-34)48-35(36(41)38(2,3)31-49(43,44)45)37(42)39-32-24-21-20-22-25-32/h20-22,24-29,35H,5-19,23,30-31H2,1-4H3,(H,39,42)(H,43,44,45). The molecule has 0 radical (unpaired) electrons. The summed E-state index contributed by atoms with van der Waals surface area (Å²) in [5.41, 5.74) is -1.29. The average Bonchev–Trinajstić information content (AvgIpc) is 3.06. The summed E-state index contributed by atoms with van der Waals surface area (Å²) in [4.78, 5) is 26.7. The van der Waals surface area contributed by atoms with Crippen LogP contribution in [0.5, 0.6) is 5.75 Å². The molecule has 0 aliphatic heterocycles. The number of para-hydroxylation sites is 1. The number of amides is 1. The number of nitrogens with zero attached hydrogens (tertiary/aromatic N) is 1. The fourth-order valence-electron chi connectivity index (χ4n) is 5.85. The number of carbonyl (C=O) groups excluding carboxylic acids is 2. The van der Waals surface area contributed by atoms with Gasteiger partial charge in [-0.3, -0.25) is 14.1 Å². The molecule has 0 bridgehead atoms. The van der Waals surface area contributed by atoms with Crippen molar-refractivity contribution in [1.29, 1.82) is 0 Å². The van der Waals surface area contributed by atoms with Crippen molar-refractivity contribution in [2.24, 2.45) is 5.41 Å². The van der Waals surface area contributed by atoms with Crippen molar-refractivity contribution < 1.29 is 35.7 Å². The van der Waals surface area contributed by atoms with Crippen LogP contribution in [0.1, 0.15) is 124 Å². The van der Waals surface area contributed by atoms with Crippen LogP contribution in [0.25, 0.3) is 0 Å². The first-order chi connectivity index (χ1) is 23.7. The van der Waals surface area contributed by atoms with Crippen molar-refractivity contribution >= 4 is 37.5 Å². The Morgan fingerprint density at radius 1 is 0.740 bits per heavy atom. The minimum Gasteiger partial charge on any atom is -0.473 e. The monoisotopic (exact) mass is 736 g/mol. The maximum absolute atomic E-state index is 13.4. The highest BCUT2D eigenvalue weighted by Gasteiger charge is 2.42. The number of ether oxygens (including phenoxy) is 1. The Labute approximate surface area is 301 Å². The van der Waals surface area contributed by atoms with Crippen LogP contribution in [0.2, 0.25) is 0 Å². The van der Waals surface area contributed by atoms with Crippen LogP contribution in [-0.4, -0.2) is 62.8 Å². The van der Waals surface area contributed by atoms with Gasteiger partial charge in [-0.1, -0.05) is 135 Å². The van der Waals surface area contributed by atoms with Gasteiger partial charge in [0.25, 0.3) is 16.0 Å². The van der Waals surface area contributed by atoms with E-state index in [4.69, 9.17) is 4.74 Å². The number of benzene rings is 2. The van der Waals surface area contributed by atoms with Crippen LogP contribution in [0.3, 0.4) is 0 Å². The Morgan fingerprint density at radius 3 is 1.66 bits per heavy atom. The van der Waals surface area contributed by atoms with E-state index in [1.807, 2.05) is 0 Å². The van der Waals surface area contributed by atoms with Crippen molar-refractivity contribution in [3.05, 3.63) is 54.6 Å². The molecule has 2 rings (SSSR count). The lowest BCUT2D eigenvalue weighted by Crippen LogP contribution is -2.48. The molecule has 2 N–H and O–H groups in total. The Balaban J connectivity index is 1.84. The van der Waals surface area contributed by atoms with E-state index >= 15 is 0 Å². The van der Waals surface area contributed by atoms with Gasteiger partial charge in [-0.15, -0.1) is 0 Å². The van der Waals surface area contributed by atoms with E-state index in [1.54, 1.807) is 37.4 Å². The second kappa shape index (κ2) is 22.2. The van der Waals surface area contributed by atoms with Gasteiger partial charge in [-0.05, 0) is 42.8 Å². The molecule has 1 amide bonds. The second-order valence-electron chi connectivity index (χ2n) is 13.9. The van der Waals surface area contributed by atoms with Gasteiger partial charge in [0.1, 0.15) is 5.75 Å². The van der Waals surface area contributed by atoms with Crippen LogP contribution in [0.15, 0.2) is 59.5 Å². The van der Waals surface area contributed by atoms with Gasteiger partial charge >= 0.3 is 0 Å². The number of unbranched alkanes of at least 4 members (excludes halogenated alkanes) is 15. The minimum absolute atomic E-state index is 0.0344.